The first-order valence-electron chi connectivity index (χ1n) is 8.42. The van der Waals surface area contributed by atoms with E-state index in [0.29, 0.717) is 19.4 Å². The molecule has 1 heterocycles. The van der Waals surface area contributed by atoms with Gasteiger partial charge in [-0.05, 0) is 31.9 Å². The van der Waals surface area contributed by atoms with E-state index < -0.39 is 24.7 Å². The van der Waals surface area contributed by atoms with Crippen molar-refractivity contribution in [1.82, 2.24) is 4.90 Å². The standard InChI is InChI=1S/C17H22F3N3O3/c1-2-26-16(25)23-9-5-6-12(10-23)15(24)22-14-8-4-3-7-13(14)21-11-17(18,19)20/h3-4,7-8,12,21H,2,5-6,9-11H2,1H3,(H,22,24)/t12-/m1/s1. The van der Waals surface area contributed by atoms with Crippen molar-refractivity contribution < 1.29 is 27.5 Å². The van der Waals surface area contributed by atoms with Gasteiger partial charge in [0.25, 0.3) is 0 Å². The molecule has 1 aromatic carbocycles. The normalized spacial score (nSPS) is 17.5. The van der Waals surface area contributed by atoms with Crippen molar-refractivity contribution in [2.75, 3.05) is 36.9 Å². The molecule has 0 unspecified atom stereocenters. The van der Waals surface area contributed by atoms with Gasteiger partial charge in [0.2, 0.25) is 5.91 Å². The average molecular weight is 373 g/mol. The number of piperidine rings is 1. The molecule has 1 aliphatic rings. The summed E-state index contributed by atoms with van der Waals surface area (Å²) in [5.41, 5.74) is 0.464. The van der Waals surface area contributed by atoms with E-state index in [0.717, 1.165) is 0 Å². The minimum atomic E-state index is -4.36. The lowest BCUT2D eigenvalue weighted by Crippen LogP contribution is -2.44. The Balaban J connectivity index is 2.00. The maximum atomic E-state index is 12.5. The molecule has 0 bridgehead atoms. The van der Waals surface area contributed by atoms with Crippen molar-refractivity contribution in [1.29, 1.82) is 0 Å². The number of hydrogen-bond acceptors (Lipinski definition) is 4. The maximum absolute atomic E-state index is 12.5. The van der Waals surface area contributed by atoms with E-state index in [1.165, 1.54) is 17.0 Å². The summed E-state index contributed by atoms with van der Waals surface area (Å²) in [6.45, 7) is 1.51. The number of benzene rings is 1. The molecular formula is C17H22F3N3O3. The number of carbonyl (C=O) groups is 2. The molecule has 0 aliphatic carbocycles. The van der Waals surface area contributed by atoms with Crippen molar-refractivity contribution >= 4 is 23.4 Å². The van der Waals surface area contributed by atoms with Gasteiger partial charge >= 0.3 is 12.3 Å². The van der Waals surface area contributed by atoms with Gasteiger partial charge in [-0.25, -0.2) is 4.79 Å². The van der Waals surface area contributed by atoms with Gasteiger partial charge in [0.15, 0.2) is 0 Å². The van der Waals surface area contributed by atoms with Crippen LogP contribution in [0.25, 0.3) is 0 Å². The molecule has 2 rings (SSSR count). The first kappa shape index (κ1) is 19.9. The predicted molar refractivity (Wildman–Crippen MR) is 90.9 cm³/mol. The maximum Gasteiger partial charge on any atom is 0.409 e. The van der Waals surface area contributed by atoms with Crippen molar-refractivity contribution in [2.45, 2.75) is 25.9 Å². The summed E-state index contributed by atoms with van der Waals surface area (Å²) in [6, 6.07) is 6.20. The van der Waals surface area contributed by atoms with E-state index in [2.05, 4.69) is 10.6 Å². The molecule has 0 aromatic heterocycles. The lowest BCUT2D eigenvalue weighted by molar-refractivity contribution is -0.121. The molecule has 1 saturated heterocycles. The van der Waals surface area contributed by atoms with Gasteiger partial charge in [0.1, 0.15) is 6.54 Å². The number of ether oxygens (including phenoxy) is 1. The van der Waals surface area contributed by atoms with Crippen molar-refractivity contribution in [2.24, 2.45) is 5.92 Å². The van der Waals surface area contributed by atoms with Crippen LogP contribution in [0.3, 0.4) is 0 Å². The third-order valence-electron chi connectivity index (χ3n) is 3.98. The van der Waals surface area contributed by atoms with Crippen LogP contribution in [-0.4, -0.2) is 49.3 Å². The zero-order valence-corrected chi connectivity index (χ0v) is 14.4. The van der Waals surface area contributed by atoms with Crippen LogP contribution in [0, 0.1) is 5.92 Å². The Kier molecular flexibility index (Phi) is 6.70. The molecule has 6 nitrogen and oxygen atoms in total. The topological polar surface area (TPSA) is 70.7 Å². The summed E-state index contributed by atoms with van der Waals surface area (Å²) in [6.07, 6.45) is -3.57. The van der Waals surface area contributed by atoms with Gasteiger partial charge < -0.3 is 20.3 Å². The number of anilines is 2. The molecule has 144 valence electrons. The summed E-state index contributed by atoms with van der Waals surface area (Å²) < 4.78 is 42.2. The van der Waals surface area contributed by atoms with E-state index >= 15 is 0 Å². The number of carbonyl (C=O) groups excluding carboxylic acids is 2. The number of nitrogens with zero attached hydrogens (tertiary/aromatic N) is 1. The number of para-hydroxylation sites is 2. The van der Waals surface area contributed by atoms with Gasteiger partial charge in [-0.1, -0.05) is 12.1 Å². The second-order valence-electron chi connectivity index (χ2n) is 5.99. The fourth-order valence-corrected chi connectivity index (χ4v) is 2.75. The zero-order valence-electron chi connectivity index (χ0n) is 14.4. The SMILES string of the molecule is CCOC(=O)N1CCC[C@@H](C(=O)Nc2ccccc2NCC(F)(F)F)C1. The smallest absolute Gasteiger partial charge is 0.409 e. The highest BCUT2D eigenvalue weighted by Crippen LogP contribution is 2.25. The highest BCUT2D eigenvalue weighted by Gasteiger charge is 2.30. The molecule has 2 amide bonds. The minimum Gasteiger partial charge on any atom is -0.450 e. The number of halogens is 3. The molecule has 2 N–H and O–H groups in total. The number of likely N-dealkylation sites (tertiary alicyclic amines) is 1. The summed E-state index contributed by atoms with van der Waals surface area (Å²) >= 11 is 0. The Morgan fingerprint density at radius 1 is 1.27 bits per heavy atom. The quantitative estimate of drug-likeness (QED) is 0.829. The van der Waals surface area contributed by atoms with Crippen LogP contribution in [-0.2, 0) is 9.53 Å². The van der Waals surface area contributed by atoms with Crippen LogP contribution in [0.1, 0.15) is 19.8 Å². The van der Waals surface area contributed by atoms with Crippen LogP contribution in [0.5, 0.6) is 0 Å². The molecule has 1 atom stereocenters. The Morgan fingerprint density at radius 2 is 1.96 bits per heavy atom. The first-order valence-corrected chi connectivity index (χ1v) is 8.42. The Labute approximate surface area is 149 Å². The van der Waals surface area contributed by atoms with Gasteiger partial charge in [-0.3, -0.25) is 4.79 Å². The Hall–Kier alpha value is -2.45. The fraction of sp³-hybridized carbons (Fsp3) is 0.529. The summed E-state index contributed by atoms with van der Waals surface area (Å²) in [4.78, 5) is 25.8. The molecule has 9 heteroatoms. The molecule has 1 aromatic rings. The number of amides is 2. The number of hydrogen-bond donors (Lipinski definition) is 2. The molecular weight excluding hydrogens is 351 g/mol. The van der Waals surface area contributed by atoms with Crippen molar-refractivity contribution in [3.63, 3.8) is 0 Å². The van der Waals surface area contributed by atoms with Crippen LogP contribution in [0.4, 0.5) is 29.3 Å². The molecule has 0 spiro atoms. The Morgan fingerprint density at radius 3 is 2.62 bits per heavy atom. The van der Waals surface area contributed by atoms with Crippen LogP contribution in [0.15, 0.2) is 24.3 Å². The Bertz CT molecular complexity index is 637. The van der Waals surface area contributed by atoms with Gasteiger partial charge in [0, 0.05) is 13.1 Å². The second kappa shape index (κ2) is 8.77. The number of nitrogens with one attached hydrogen (secondary N) is 2. The molecule has 0 saturated carbocycles. The second-order valence-corrected chi connectivity index (χ2v) is 5.99. The number of rotatable bonds is 5. The first-order chi connectivity index (χ1) is 12.3. The number of alkyl halides is 3. The van der Waals surface area contributed by atoms with Crippen LogP contribution < -0.4 is 10.6 Å². The summed E-state index contributed by atoms with van der Waals surface area (Å²) in [5, 5.41) is 4.94. The van der Waals surface area contributed by atoms with Crippen LogP contribution >= 0.6 is 0 Å². The summed E-state index contributed by atoms with van der Waals surface area (Å²) in [7, 11) is 0. The molecule has 1 fully saturated rings. The van der Waals surface area contributed by atoms with Gasteiger partial charge in [-0.15, -0.1) is 0 Å². The van der Waals surface area contributed by atoms with Crippen LogP contribution in [0.2, 0.25) is 0 Å². The van der Waals surface area contributed by atoms with Gasteiger partial charge in [-0.2, -0.15) is 13.2 Å². The monoisotopic (exact) mass is 373 g/mol. The third kappa shape index (κ3) is 5.82. The largest absolute Gasteiger partial charge is 0.450 e. The lowest BCUT2D eigenvalue weighted by Gasteiger charge is -2.31. The van der Waals surface area contributed by atoms with E-state index in [1.54, 1.807) is 19.1 Å². The fourth-order valence-electron chi connectivity index (χ4n) is 2.75. The van der Waals surface area contributed by atoms with E-state index in [4.69, 9.17) is 4.74 Å². The molecule has 1 aliphatic heterocycles. The average Bonchev–Trinajstić information content (AvgIpc) is 2.60. The molecule has 0 radical (unpaired) electrons. The van der Waals surface area contributed by atoms with Crippen molar-refractivity contribution in [3.05, 3.63) is 24.3 Å². The molecule has 26 heavy (non-hydrogen) atoms. The highest BCUT2D eigenvalue weighted by molar-refractivity contribution is 5.96. The van der Waals surface area contributed by atoms with Gasteiger partial charge in [0.05, 0.1) is 23.9 Å². The van der Waals surface area contributed by atoms with E-state index in [1.807, 2.05) is 0 Å². The highest BCUT2D eigenvalue weighted by atomic mass is 19.4. The van der Waals surface area contributed by atoms with Crippen molar-refractivity contribution in [3.8, 4) is 0 Å². The van der Waals surface area contributed by atoms with E-state index in [9.17, 15) is 22.8 Å². The third-order valence-corrected chi connectivity index (χ3v) is 3.98. The predicted octanol–water partition coefficient (Wildman–Crippen LogP) is 3.47. The lowest BCUT2D eigenvalue weighted by atomic mass is 9.97. The van der Waals surface area contributed by atoms with E-state index in [-0.39, 0.29) is 30.4 Å². The minimum absolute atomic E-state index is 0.191. The zero-order chi connectivity index (χ0) is 19.2. The summed E-state index contributed by atoms with van der Waals surface area (Å²) in [5.74, 6) is -0.774.